The summed E-state index contributed by atoms with van der Waals surface area (Å²) in [5.74, 6) is 0. The zero-order chi connectivity index (χ0) is 6.53. The molecule has 0 aliphatic carbocycles. The molecule has 1 rings (SSSR count). The monoisotopic (exact) mass is 128 g/mol. The minimum Gasteiger partial charge on any atom is -0.318 e. The predicted molar refractivity (Wildman–Crippen MR) is 37.6 cm³/mol. The van der Waals surface area contributed by atoms with E-state index in [0.29, 0.717) is 6.04 Å². The molecule has 0 saturated carbocycles. The summed E-state index contributed by atoms with van der Waals surface area (Å²) < 4.78 is 0. The zero-order valence-electron chi connectivity index (χ0n) is 5.85. The maximum Gasteiger partial charge on any atom is 0.0334 e. The molecule has 0 aromatic heterocycles. The van der Waals surface area contributed by atoms with E-state index in [-0.39, 0.29) is 0 Å². The quantitative estimate of drug-likeness (QED) is 0.489. The first kappa shape index (κ1) is 6.99. The lowest BCUT2D eigenvalue weighted by molar-refractivity contribution is 0.403. The first-order valence-electron chi connectivity index (χ1n) is 3.44. The maximum atomic E-state index is 4.27. The van der Waals surface area contributed by atoms with Gasteiger partial charge in [-0.2, -0.15) is 0 Å². The smallest absolute Gasteiger partial charge is 0.0334 e. The van der Waals surface area contributed by atoms with Crippen LogP contribution in [0.5, 0.6) is 0 Å². The molecule has 1 aliphatic heterocycles. The molecule has 0 amide bonds. The lowest BCUT2D eigenvalue weighted by Gasteiger charge is -2.22. The largest absolute Gasteiger partial charge is 0.318 e. The van der Waals surface area contributed by atoms with E-state index in [1.54, 1.807) is 0 Å². The number of rotatable bonds is 2. The van der Waals surface area contributed by atoms with Crippen LogP contribution in [-0.2, 0) is 0 Å². The van der Waals surface area contributed by atoms with E-state index in [9.17, 15) is 0 Å². The third-order valence-corrected chi connectivity index (χ3v) is 1.50. The number of piperazine rings is 1. The fraction of sp³-hybridized carbons (Fsp3) is 1.00. The van der Waals surface area contributed by atoms with E-state index in [2.05, 4.69) is 16.0 Å². The van der Waals surface area contributed by atoms with Gasteiger partial charge in [0.25, 0.3) is 0 Å². The Morgan fingerprint density at radius 2 is 2.67 bits per heavy atom. The Kier molecular flexibility index (Phi) is 2.97. The van der Waals surface area contributed by atoms with Crippen molar-refractivity contribution in [1.29, 1.82) is 0 Å². The zero-order valence-corrected chi connectivity index (χ0v) is 5.85. The molecule has 1 unspecified atom stereocenters. The number of hydrogen-bond acceptors (Lipinski definition) is 2. The molecule has 1 aliphatic rings. The number of nitrogens with zero attached hydrogens (tertiary/aromatic N) is 1. The molecule has 2 N–H and O–H groups in total. The van der Waals surface area contributed by atoms with Crippen molar-refractivity contribution < 1.29 is 0 Å². The van der Waals surface area contributed by atoms with Crippen LogP contribution in [0.15, 0.2) is 0 Å². The van der Waals surface area contributed by atoms with Crippen molar-refractivity contribution in [2.45, 2.75) is 6.04 Å². The summed E-state index contributed by atoms with van der Waals surface area (Å²) in [6.45, 7) is 4.04. The van der Waals surface area contributed by atoms with Crippen LogP contribution in [0.3, 0.4) is 0 Å². The van der Waals surface area contributed by atoms with Crippen molar-refractivity contribution in [2.75, 3.05) is 33.2 Å². The van der Waals surface area contributed by atoms with Crippen LogP contribution in [0, 0.1) is 0 Å². The fourth-order valence-electron chi connectivity index (χ4n) is 1.04. The van der Waals surface area contributed by atoms with E-state index in [1.165, 1.54) is 0 Å². The molecule has 1 fully saturated rings. The van der Waals surface area contributed by atoms with Crippen LogP contribution < -0.4 is 16.0 Å². The highest BCUT2D eigenvalue weighted by Crippen LogP contribution is 1.84. The Morgan fingerprint density at radius 1 is 1.78 bits per heavy atom. The molecule has 0 bridgehead atoms. The van der Waals surface area contributed by atoms with Crippen LogP contribution in [0.4, 0.5) is 0 Å². The molecule has 1 saturated heterocycles. The Bertz CT molecular complexity index is 65.9. The van der Waals surface area contributed by atoms with E-state index in [1.807, 2.05) is 7.05 Å². The fourth-order valence-corrected chi connectivity index (χ4v) is 1.04. The molecule has 53 valence electrons. The normalized spacial score (nSPS) is 28.3. The lowest BCUT2D eigenvalue weighted by Crippen LogP contribution is -2.49. The van der Waals surface area contributed by atoms with Crippen LogP contribution in [0.25, 0.3) is 0 Å². The SMILES string of the molecule is CNCC1C[N]CCN1. The average Bonchev–Trinajstić information content (AvgIpc) is 1.91. The van der Waals surface area contributed by atoms with E-state index in [4.69, 9.17) is 0 Å². The van der Waals surface area contributed by atoms with Crippen molar-refractivity contribution in [3.8, 4) is 0 Å². The van der Waals surface area contributed by atoms with Crippen molar-refractivity contribution in [3.63, 3.8) is 0 Å². The average molecular weight is 128 g/mol. The molecule has 1 atom stereocenters. The Balaban J connectivity index is 2.08. The molecule has 3 heteroatoms. The third kappa shape index (κ3) is 2.30. The number of likely N-dealkylation sites (N-methyl/N-ethyl adjacent to an activating group) is 1. The summed E-state index contributed by atoms with van der Waals surface area (Å²) in [7, 11) is 1.97. The lowest BCUT2D eigenvalue weighted by atomic mass is 10.2. The van der Waals surface area contributed by atoms with Crippen molar-refractivity contribution in [1.82, 2.24) is 16.0 Å². The van der Waals surface area contributed by atoms with Gasteiger partial charge in [0.1, 0.15) is 0 Å². The van der Waals surface area contributed by atoms with Crippen LogP contribution in [0.2, 0.25) is 0 Å². The van der Waals surface area contributed by atoms with Gasteiger partial charge < -0.3 is 10.6 Å². The molecular weight excluding hydrogens is 114 g/mol. The molecule has 3 nitrogen and oxygen atoms in total. The second-order valence-electron chi connectivity index (χ2n) is 2.34. The molecule has 1 heterocycles. The van der Waals surface area contributed by atoms with Gasteiger partial charge in [-0.25, -0.2) is 5.32 Å². The van der Waals surface area contributed by atoms with Gasteiger partial charge in [0.05, 0.1) is 0 Å². The summed E-state index contributed by atoms with van der Waals surface area (Å²) in [6, 6.07) is 0.573. The summed E-state index contributed by atoms with van der Waals surface area (Å²) in [4.78, 5) is 0. The van der Waals surface area contributed by atoms with Gasteiger partial charge in [-0.3, -0.25) is 0 Å². The van der Waals surface area contributed by atoms with Crippen molar-refractivity contribution in [2.24, 2.45) is 0 Å². The second kappa shape index (κ2) is 3.82. The molecule has 0 aromatic carbocycles. The van der Waals surface area contributed by atoms with Gasteiger partial charge in [0, 0.05) is 32.2 Å². The molecular formula is C6H14N3. The van der Waals surface area contributed by atoms with E-state index >= 15 is 0 Å². The van der Waals surface area contributed by atoms with Crippen LogP contribution in [0.1, 0.15) is 0 Å². The predicted octanol–water partition coefficient (Wildman–Crippen LogP) is -1.22. The van der Waals surface area contributed by atoms with Gasteiger partial charge in [0.15, 0.2) is 0 Å². The topological polar surface area (TPSA) is 38.2 Å². The van der Waals surface area contributed by atoms with Crippen molar-refractivity contribution >= 4 is 0 Å². The van der Waals surface area contributed by atoms with Crippen LogP contribution in [-0.4, -0.2) is 39.3 Å². The summed E-state index contributed by atoms with van der Waals surface area (Å²) in [5.41, 5.74) is 0. The van der Waals surface area contributed by atoms with Crippen LogP contribution >= 0.6 is 0 Å². The highest BCUT2D eigenvalue weighted by Gasteiger charge is 2.10. The van der Waals surface area contributed by atoms with Gasteiger partial charge in [-0.1, -0.05) is 0 Å². The summed E-state index contributed by atoms with van der Waals surface area (Å²) >= 11 is 0. The first-order chi connectivity index (χ1) is 4.43. The molecule has 0 spiro atoms. The third-order valence-electron chi connectivity index (χ3n) is 1.50. The molecule has 9 heavy (non-hydrogen) atoms. The standard InChI is InChI=1S/C6H14N3/c1-7-4-6-5-8-2-3-9-6/h6-7,9H,2-5H2,1H3. The molecule has 1 radical (unpaired) electrons. The van der Waals surface area contributed by atoms with Crippen molar-refractivity contribution in [3.05, 3.63) is 0 Å². The summed E-state index contributed by atoms with van der Waals surface area (Å²) in [6.07, 6.45) is 0. The van der Waals surface area contributed by atoms with Gasteiger partial charge >= 0.3 is 0 Å². The van der Waals surface area contributed by atoms with Gasteiger partial charge in [0.2, 0.25) is 0 Å². The first-order valence-corrected chi connectivity index (χ1v) is 3.44. The van der Waals surface area contributed by atoms with E-state index in [0.717, 1.165) is 26.2 Å². The number of hydrogen-bond donors (Lipinski definition) is 2. The minimum absolute atomic E-state index is 0.573. The maximum absolute atomic E-state index is 4.27. The van der Waals surface area contributed by atoms with E-state index < -0.39 is 0 Å². The Labute approximate surface area is 56.2 Å². The Morgan fingerprint density at radius 3 is 3.22 bits per heavy atom. The Hall–Kier alpha value is -0.120. The summed E-state index contributed by atoms with van der Waals surface area (Å²) in [5, 5.41) is 10.8. The highest BCUT2D eigenvalue weighted by atomic mass is 15.1. The number of nitrogens with one attached hydrogen (secondary N) is 2. The van der Waals surface area contributed by atoms with Gasteiger partial charge in [-0.05, 0) is 7.05 Å². The molecule has 0 aromatic rings. The second-order valence-corrected chi connectivity index (χ2v) is 2.34. The van der Waals surface area contributed by atoms with Gasteiger partial charge in [-0.15, -0.1) is 0 Å². The highest BCUT2D eigenvalue weighted by molar-refractivity contribution is 4.75. The minimum atomic E-state index is 0.573.